The van der Waals surface area contributed by atoms with Crippen molar-refractivity contribution in [1.29, 1.82) is 0 Å². The van der Waals surface area contributed by atoms with E-state index in [1.54, 1.807) is 6.07 Å². The molecule has 0 aliphatic carbocycles. The smallest absolute Gasteiger partial charge is 0.271 e. The number of pyridine rings is 1. The van der Waals surface area contributed by atoms with Crippen LogP contribution in [0.15, 0.2) is 23.4 Å². The number of nitrogens with zero attached hydrogens (tertiary/aromatic N) is 4. The number of rotatable bonds is 3. The van der Waals surface area contributed by atoms with Crippen molar-refractivity contribution in [3.63, 3.8) is 0 Å². The number of nitrogens with one attached hydrogen (secondary N) is 1. The Labute approximate surface area is 108 Å². The lowest BCUT2D eigenvalue weighted by Crippen LogP contribution is -2.30. The second-order valence-electron chi connectivity index (χ2n) is 3.10. The van der Waals surface area contributed by atoms with Crippen LogP contribution in [0.5, 0.6) is 0 Å². The predicted octanol–water partition coefficient (Wildman–Crippen LogP) is 0.688. The molecule has 1 aliphatic heterocycles. The highest BCUT2D eigenvalue weighted by molar-refractivity contribution is 6.29. The Kier molecular flexibility index (Phi) is 2.17. The Morgan fingerprint density at radius 2 is 2.59 bits per heavy atom. The van der Waals surface area contributed by atoms with Crippen LogP contribution >= 0.6 is 11.6 Å². The average Bonchev–Trinajstić information content (AvgIpc) is 2.50. The molecule has 0 amide bonds. The molecule has 1 N–H and O–H groups in total. The molecule has 0 saturated carbocycles. The van der Waals surface area contributed by atoms with Crippen molar-refractivity contribution in [2.24, 2.45) is 5.10 Å². The second-order valence-corrected chi connectivity index (χ2v) is 3.49. The maximum atomic E-state index is 10.5. The van der Waals surface area contributed by atoms with Gasteiger partial charge in [-0.3, -0.25) is 0 Å². The molecule has 1 aromatic heterocycles. The van der Waals surface area contributed by atoms with Crippen molar-refractivity contribution in [2.45, 2.75) is 6.54 Å². The van der Waals surface area contributed by atoms with Gasteiger partial charge < -0.3 is 10.2 Å². The summed E-state index contributed by atoms with van der Waals surface area (Å²) in [6, 6.07) is 3.04. The summed E-state index contributed by atoms with van der Waals surface area (Å²) >= 11 is 5.64. The first-order valence-electron chi connectivity index (χ1n) is 6.53. The number of hydrogen-bond acceptors (Lipinski definition) is 3. The van der Waals surface area contributed by atoms with E-state index in [2.05, 4.69) is 15.4 Å². The maximum absolute atomic E-state index is 10.5. The SMILES string of the molecule is [2H]C1([2H])N/C(=N/[N+](=O)[O-])N(Cc2ccc(Cl)nc2)C1([2H])[2H]. The number of nitro groups is 1. The first-order chi connectivity index (χ1) is 9.63. The zero-order valence-electron chi connectivity index (χ0n) is 12.4. The molecule has 1 saturated heterocycles. The van der Waals surface area contributed by atoms with Crippen molar-refractivity contribution in [1.82, 2.24) is 15.2 Å². The molecule has 0 aromatic carbocycles. The molecule has 1 aromatic rings. The van der Waals surface area contributed by atoms with Gasteiger partial charge in [-0.05, 0) is 11.6 Å². The van der Waals surface area contributed by atoms with Gasteiger partial charge in [-0.2, -0.15) is 0 Å². The molecule has 2 rings (SSSR count). The largest absolute Gasteiger partial charge is 0.349 e. The third-order valence-electron chi connectivity index (χ3n) is 1.93. The van der Waals surface area contributed by atoms with Gasteiger partial charge in [-0.1, -0.05) is 17.7 Å². The highest BCUT2D eigenvalue weighted by Crippen LogP contribution is 2.09. The van der Waals surface area contributed by atoms with E-state index in [1.807, 2.05) is 0 Å². The molecule has 1 fully saturated rings. The van der Waals surface area contributed by atoms with Crippen molar-refractivity contribution in [3.8, 4) is 0 Å². The average molecular weight is 260 g/mol. The van der Waals surface area contributed by atoms with Gasteiger partial charge >= 0.3 is 0 Å². The van der Waals surface area contributed by atoms with Gasteiger partial charge in [0.2, 0.25) is 0 Å². The molecule has 17 heavy (non-hydrogen) atoms. The number of hydrogen-bond donors (Lipinski definition) is 1. The van der Waals surface area contributed by atoms with Crippen molar-refractivity contribution < 1.29 is 10.5 Å². The molecular weight excluding hydrogens is 246 g/mol. The van der Waals surface area contributed by atoms with Crippen LogP contribution in [0, 0.1) is 10.1 Å². The van der Waals surface area contributed by atoms with Gasteiger partial charge in [-0.25, -0.2) is 15.1 Å². The summed E-state index contributed by atoms with van der Waals surface area (Å²) in [5.74, 6) is -0.495. The number of aromatic nitrogens is 1. The molecule has 7 nitrogen and oxygen atoms in total. The molecule has 1 aliphatic rings. The fourth-order valence-corrected chi connectivity index (χ4v) is 1.34. The maximum Gasteiger partial charge on any atom is 0.271 e. The van der Waals surface area contributed by atoms with Crippen LogP contribution in [0.3, 0.4) is 0 Å². The Bertz CT molecular complexity index is 594. The molecule has 0 unspecified atom stereocenters. The molecule has 0 atom stereocenters. The van der Waals surface area contributed by atoms with E-state index in [4.69, 9.17) is 17.1 Å². The van der Waals surface area contributed by atoms with Gasteiger partial charge in [0, 0.05) is 25.7 Å². The standard InChI is InChI=1S/C9H10ClN5O2/c10-8-2-1-7(5-12-8)6-14-4-3-11-9(14)13-15(16)17/h1-2,5H,3-4,6H2,(H,11,13)/i3D2,4D2. The molecule has 90 valence electrons. The van der Waals surface area contributed by atoms with Crippen LogP contribution in [0.4, 0.5) is 0 Å². The van der Waals surface area contributed by atoms with Gasteiger partial charge in [0.25, 0.3) is 5.96 Å². The Morgan fingerprint density at radius 1 is 1.76 bits per heavy atom. The normalized spacial score (nSPS) is 26.6. The molecular formula is C9H10ClN5O2. The van der Waals surface area contributed by atoms with E-state index in [0.29, 0.717) is 5.56 Å². The summed E-state index contributed by atoms with van der Waals surface area (Å²) < 4.78 is 30.8. The lowest BCUT2D eigenvalue weighted by molar-refractivity contribution is -0.485. The summed E-state index contributed by atoms with van der Waals surface area (Å²) in [5, 5.41) is 14.8. The number of hydrazone groups is 1. The summed E-state index contributed by atoms with van der Waals surface area (Å²) in [4.78, 5) is 15.2. The second kappa shape index (κ2) is 4.96. The molecule has 0 spiro atoms. The summed E-state index contributed by atoms with van der Waals surface area (Å²) in [6.07, 6.45) is 1.37. The highest BCUT2D eigenvalue weighted by atomic mass is 35.5. The Hall–Kier alpha value is -1.89. The fraction of sp³-hybridized carbons (Fsp3) is 0.333. The monoisotopic (exact) mass is 259 g/mol. The Balaban J connectivity index is 2.36. The van der Waals surface area contributed by atoms with Crippen LogP contribution in [-0.4, -0.2) is 33.9 Å². The first-order valence-corrected chi connectivity index (χ1v) is 4.90. The Morgan fingerprint density at radius 3 is 3.24 bits per heavy atom. The van der Waals surface area contributed by atoms with E-state index in [-0.39, 0.29) is 11.7 Å². The lowest BCUT2D eigenvalue weighted by Gasteiger charge is -2.14. The molecule has 0 bridgehead atoms. The van der Waals surface area contributed by atoms with Gasteiger partial charge in [0.05, 0.1) is 5.48 Å². The van der Waals surface area contributed by atoms with Crippen molar-refractivity contribution >= 4 is 17.6 Å². The zero-order valence-corrected chi connectivity index (χ0v) is 9.18. The van der Waals surface area contributed by atoms with E-state index in [0.717, 1.165) is 4.90 Å². The van der Waals surface area contributed by atoms with Crippen LogP contribution in [-0.2, 0) is 6.54 Å². The third-order valence-corrected chi connectivity index (χ3v) is 2.15. The minimum atomic E-state index is -2.53. The van der Waals surface area contributed by atoms with Crippen LogP contribution in [0.1, 0.15) is 11.0 Å². The van der Waals surface area contributed by atoms with E-state index < -0.39 is 24.0 Å². The van der Waals surface area contributed by atoms with Crippen LogP contribution in [0.2, 0.25) is 5.15 Å². The first kappa shape index (κ1) is 7.44. The molecule has 8 heteroatoms. The topological polar surface area (TPSA) is 83.7 Å². The highest BCUT2D eigenvalue weighted by Gasteiger charge is 2.21. The van der Waals surface area contributed by atoms with E-state index in [1.165, 1.54) is 12.3 Å². The number of halogens is 1. The fourth-order valence-electron chi connectivity index (χ4n) is 1.23. The van der Waals surface area contributed by atoms with Crippen molar-refractivity contribution in [2.75, 3.05) is 13.0 Å². The summed E-state index contributed by atoms with van der Waals surface area (Å²) in [6.45, 7) is -5.21. The summed E-state index contributed by atoms with van der Waals surface area (Å²) in [5.41, 5.74) is 0.499. The predicted molar refractivity (Wildman–Crippen MR) is 62.1 cm³/mol. The molecule has 2 heterocycles. The molecule has 0 radical (unpaired) electrons. The minimum absolute atomic E-state index is 0.156. The minimum Gasteiger partial charge on any atom is -0.349 e. The van der Waals surface area contributed by atoms with E-state index >= 15 is 0 Å². The van der Waals surface area contributed by atoms with Gasteiger partial charge in [0.1, 0.15) is 10.3 Å². The van der Waals surface area contributed by atoms with Crippen molar-refractivity contribution in [3.05, 3.63) is 39.2 Å². The van der Waals surface area contributed by atoms with Gasteiger partial charge in [0.15, 0.2) is 5.03 Å². The van der Waals surface area contributed by atoms with Gasteiger partial charge in [-0.15, -0.1) is 0 Å². The quantitative estimate of drug-likeness (QED) is 0.490. The summed E-state index contributed by atoms with van der Waals surface area (Å²) in [7, 11) is 0. The zero-order chi connectivity index (χ0) is 15.8. The third kappa shape index (κ3) is 3.04. The lowest BCUT2D eigenvalue weighted by atomic mass is 10.3. The van der Waals surface area contributed by atoms with Crippen LogP contribution < -0.4 is 5.32 Å². The van der Waals surface area contributed by atoms with E-state index in [9.17, 15) is 10.1 Å². The van der Waals surface area contributed by atoms with Crippen LogP contribution in [0.25, 0.3) is 0 Å². The number of guanidine groups is 1.